The molecule has 0 saturated heterocycles. The lowest BCUT2D eigenvalue weighted by atomic mass is 10.2. The molecule has 1 heterocycles. The lowest BCUT2D eigenvalue weighted by Gasteiger charge is -2.11. The van der Waals surface area contributed by atoms with Crippen LogP contribution in [0.4, 0.5) is 0 Å². The predicted molar refractivity (Wildman–Crippen MR) is 87.6 cm³/mol. The van der Waals surface area contributed by atoms with Gasteiger partial charge in [-0.1, -0.05) is 23.2 Å². The molecule has 8 heteroatoms. The first-order chi connectivity index (χ1) is 9.95. The number of sulfonamides is 1. The number of hydrogen-bond acceptors (Lipinski definition) is 4. The number of rotatable bonds is 6. The lowest BCUT2D eigenvalue weighted by molar-refractivity contribution is 0.581. The average molecular weight is 365 g/mol. The molecule has 0 saturated carbocycles. The second-order valence-corrected chi connectivity index (χ2v) is 7.62. The maximum Gasteiger partial charge on any atom is 0.242 e. The summed E-state index contributed by atoms with van der Waals surface area (Å²) in [5, 5.41) is 4.37. The SMILES string of the molecule is NCc1c(Cl)ccc(S(=O)(=O)NCCc2ccsc2)c1Cl. The van der Waals surface area contributed by atoms with Crippen LogP contribution >= 0.6 is 34.5 Å². The molecule has 21 heavy (non-hydrogen) atoms. The minimum atomic E-state index is -3.69. The highest BCUT2D eigenvalue weighted by molar-refractivity contribution is 7.89. The Kier molecular flexibility index (Phi) is 5.65. The van der Waals surface area contributed by atoms with E-state index in [2.05, 4.69) is 4.72 Å². The van der Waals surface area contributed by atoms with Crippen LogP contribution in [0.2, 0.25) is 10.0 Å². The summed E-state index contributed by atoms with van der Waals surface area (Å²) in [5.74, 6) is 0. The van der Waals surface area contributed by atoms with Crippen molar-refractivity contribution in [1.29, 1.82) is 0 Å². The number of nitrogens with two attached hydrogens (primary N) is 1. The molecule has 1 aromatic heterocycles. The van der Waals surface area contributed by atoms with E-state index in [1.54, 1.807) is 11.3 Å². The molecule has 1 aromatic carbocycles. The Bertz CT molecular complexity index is 716. The summed E-state index contributed by atoms with van der Waals surface area (Å²) in [6, 6.07) is 4.83. The summed E-state index contributed by atoms with van der Waals surface area (Å²) < 4.78 is 27.1. The number of halogens is 2. The zero-order chi connectivity index (χ0) is 15.5. The molecule has 3 N–H and O–H groups in total. The van der Waals surface area contributed by atoms with Crippen LogP contribution < -0.4 is 10.5 Å². The molecule has 0 spiro atoms. The van der Waals surface area contributed by atoms with Gasteiger partial charge < -0.3 is 5.73 Å². The monoisotopic (exact) mass is 364 g/mol. The second kappa shape index (κ2) is 7.09. The first-order valence-corrected chi connectivity index (χ1v) is 9.31. The fraction of sp³-hybridized carbons (Fsp3) is 0.231. The van der Waals surface area contributed by atoms with Crippen LogP contribution in [0, 0.1) is 0 Å². The van der Waals surface area contributed by atoms with Gasteiger partial charge in [-0.3, -0.25) is 0 Å². The highest BCUT2D eigenvalue weighted by atomic mass is 35.5. The van der Waals surface area contributed by atoms with E-state index in [1.165, 1.54) is 12.1 Å². The molecule has 2 rings (SSSR count). The first-order valence-electron chi connectivity index (χ1n) is 6.13. The zero-order valence-electron chi connectivity index (χ0n) is 11.0. The predicted octanol–water partition coefficient (Wildman–Crippen LogP) is 3.03. The van der Waals surface area contributed by atoms with Crippen molar-refractivity contribution in [1.82, 2.24) is 4.72 Å². The fourth-order valence-electron chi connectivity index (χ4n) is 1.81. The lowest BCUT2D eigenvalue weighted by Crippen LogP contribution is -2.26. The van der Waals surface area contributed by atoms with Crippen LogP contribution in [0.25, 0.3) is 0 Å². The Morgan fingerprint density at radius 1 is 1.24 bits per heavy atom. The van der Waals surface area contributed by atoms with Gasteiger partial charge in [-0.05, 0) is 40.9 Å². The van der Waals surface area contributed by atoms with Crippen LogP contribution in [0.1, 0.15) is 11.1 Å². The van der Waals surface area contributed by atoms with Crippen molar-refractivity contribution < 1.29 is 8.42 Å². The quantitative estimate of drug-likeness (QED) is 0.827. The van der Waals surface area contributed by atoms with E-state index in [0.29, 0.717) is 23.6 Å². The van der Waals surface area contributed by atoms with Crippen LogP contribution in [0.15, 0.2) is 33.9 Å². The Balaban J connectivity index is 2.16. The number of nitrogens with one attached hydrogen (secondary N) is 1. The maximum absolute atomic E-state index is 12.3. The molecule has 4 nitrogen and oxygen atoms in total. The minimum absolute atomic E-state index is 0.000615. The van der Waals surface area contributed by atoms with E-state index >= 15 is 0 Å². The normalized spacial score (nSPS) is 11.8. The Morgan fingerprint density at radius 3 is 2.62 bits per heavy atom. The summed E-state index contributed by atoms with van der Waals surface area (Å²) in [6.07, 6.45) is 0.623. The Hall–Kier alpha value is -0.630. The van der Waals surface area contributed by atoms with Gasteiger partial charge in [0.05, 0.1) is 5.02 Å². The number of thiophene rings is 1. The standard InChI is InChI=1S/C13H14Cl2N2O2S2/c14-11-1-2-12(13(15)10(11)7-16)21(18,19)17-5-3-9-4-6-20-8-9/h1-2,4,6,8,17H,3,5,7,16H2. The fourth-order valence-corrected chi connectivity index (χ4v) is 4.48. The highest BCUT2D eigenvalue weighted by Crippen LogP contribution is 2.30. The van der Waals surface area contributed by atoms with Crippen LogP contribution in [-0.2, 0) is 23.0 Å². The van der Waals surface area contributed by atoms with E-state index in [-0.39, 0.29) is 16.5 Å². The molecule has 0 aliphatic carbocycles. The Morgan fingerprint density at radius 2 is 2.00 bits per heavy atom. The number of hydrogen-bond donors (Lipinski definition) is 2. The van der Waals surface area contributed by atoms with Gasteiger partial charge in [-0.2, -0.15) is 11.3 Å². The van der Waals surface area contributed by atoms with Gasteiger partial charge in [0.15, 0.2) is 0 Å². The van der Waals surface area contributed by atoms with Crippen LogP contribution in [0.5, 0.6) is 0 Å². The van der Waals surface area contributed by atoms with E-state index in [0.717, 1.165) is 5.56 Å². The molecule has 0 aliphatic rings. The third kappa shape index (κ3) is 3.97. The minimum Gasteiger partial charge on any atom is -0.326 e. The van der Waals surface area contributed by atoms with E-state index in [1.807, 2.05) is 16.8 Å². The van der Waals surface area contributed by atoms with Crippen molar-refractivity contribution in [2.45, 2.75) is 17.9 Å². The van der Waals surface area contributed by atoms with Crippen LogP contribution in [0.3, 0.4) is 0 Å². The van der Waals surface area contributed by atoms with Gasteiger partial charge in [-0.25, -0.2) is 13.1 Å². The Labute approximate surface area is 137 Å². The van der Waals surface area contributed by atoms with Crippen molar-refractivity contribution in [2.75, 3.05) is 6.54 Å². The van der Waals surface area contributed by atoms with Gasteiger partial charge >= 0.3 is 0 Å². The second-order valence-electron chi connectivity index (χ2n) is 4.32. The first kappa shape index (κ1) is 16.7. The van der Waals surface area contributed by atoms with Gasteiger partial charge in [-0.15, -0.1) is 0 Å². The van der Waals surface area contributed by atoms with E-state index < -0.39 is 10.0 Å². The summed E-state index contributed by atoms with van der Waals surface area (Å²) in [4.78, 5) is -0.000615. The molecule has 0 unspecified atom stereocenters. The van der Waals surface area contributed by atoms with E-state index in [4.69, 9.17) is 28.9 Å². The molecule has 114 valence electrons. The summed E-state index contributed by atoms with van der Waals surface area (Å²) in [6.45, 7) is 0.381. The van der Waals surface area contributed by atoms with Crippen molar-refractivity contribution >= 4 is 44.6 Å². The third-order valence-electron chi connectivity index (χ3n) is 2.93. The average Bonchev–Trinajstić information content (AvgIpc) is 2.92. The summed E-state index contributed by atoms with van der Waals surface area (Å²) in [5.41, 5.74) is 7.06. The maximum atomic E-state index is 12.3. The topological polar surface area (TPSA) is 72.2 Å². The largest absolute Gasteiger partial charge is 0.326 e. The van der Waals surface area contributed by atoms with Gasteiger partial charge in [0, 0.05) is 23.7 Å². The molecule has 0 radical (unpaired) electrons. The summed E-state index contributed by atoms with van der Waals surface area (Å²) >= 11 is 13.6. The van der Waals surface area contributed by atoms with Gasteiger partial charge in [0.25, 0.3) is 0 Å². The zero-order valence-corrected chi connectivity index (χ0v) is 14.1. The molecule has 0 amide bonds. The van der Waals surface area contributed by atoms with Gasteiger partial charge in [0.2, 0.25) is 10.0 Å². The smallest absolute Gasteiger partial charge is 0.242 e. The molecular weight excluding hydrogens is 351 g/mol. The molecular formula is C13H14Cl2N2O2S2. The van der Waals surface area contributed by atoms with Crippen LogP contribution in [-0.4, -0.2) is 15.0 Å². The van der Waals surface area contributed by atoms with Crippen molar-refractivity contribution in [2.24, 2.45) is 5.73 Å². The third-order valence-corrected chi connectivity index (χ3v) is 6.06. The molecule has 2 aromatic rings. The molecule has 0 atom stereocenters. The molecule has 0 aliphatic heterocycles. The molecule has 0 bridgehead atoms. The van der Waals surface area contributed by atoms with Gasteiger partial charge in [0.1, 0.15) is 4.90 Å². The van der Waals surface area contributed by atoms with Crippen molar-refractivity contribution in [3.8, 4) is 0 Å². The van der Waals surface area contributed by atoms with Crippen molar-refractivity contribution in [3.63, 3.8) is 0 Å². The number of benzene rings is 1. The van der Waals surface area contributed by atoms with Crippen molar-refractivity contribution in [3.05, 3.63) is 50.1 Å². The van der Waals surface area contributed by atoms with E-state index in [9.17, 15) is 8.42 Å². The molecule has 0 fully saturated rings. The highest BCUT2D eigenvalue weighted by Gasteiger charge is 2.20. The summed E-state index contributed by atoms with van der Waals surface area (Å²) in [7, 11) is -3.69.